The van der Waals surface area contributed by atoms with Crippen molar-refractivity contribution in [3.8, 4) is 0 Å². The van der Waals surface area contributed by atoms with E-state index in [1.807, 2.05) is 49.9 Å². The topological polar surface area (TPSA) is 65.8 Å². The quantitative estimate of drug-likeness (QED) is 0.591. The Morgan fingerprint density at radius 1 is 1.15 bits per heavy atom. The van der Waals surface area contributed by atoms with E-state index in [0.29, 0.717) is 41.9 Å². The van der Waals surface area contributed by atoms with Crippen LogP contribution in [0.15, 0.2) is 60.1 Å². The van der Waals surface area contributed by atoms with Crippen molar-refractivity contribution >= 4 is 34.8 Å². The van der Waals surface area contributed by atoms with Crippen LogP contribution in [0.4, 0.5) is 21.7 Å². The molecule has 0 unspecified atom stereocenters. The zero-order chi connectivity index (χ0) is 24.2. The Hall–Kier alpha value is -3.94. The van der Waals surface area contributed by atoms with E-state index in [0.717, 1.165) is 16.7 Å². The molecule has 3 aromatic rings. The van der Waals surface area contributed by atoms with Crippen LogP contribution in [-0.4, -0.2) is 45.7 Å². The summed E-state index contributed by atoms with van der Waals surface area (Å²) in [5.41, 5.74) is 3.91. The molecule has 0 radical (unpaired) electrons. The van der Waals surface area contributed by atoms with E-state index in [1.54, 1.807) is 28.8 Å². The zero-order valence-corrected chi connectivity index (χ0v) is 19.8. The molecule has 0 atom stereocenters. The smallest absolute Gasteiger partial charge is 0.267 e. The van der Waals surface area contributed by atoms with Gasteiger partial charge in [-0.25, -0.2) is 14.1 Å². The van der Waals surface area contributed by atoms with Gasteiger partial charge in [-0.15, -0.1) is 0 Å². The van der Waals surface area contributed by atoms with Crippen LogP contribution in [0.5, 0.6) is 0 Å². The van der Waals surface area contributed by atoms with Crippen molar-refractivity contribution in [2.24, 2.45) is 4.99 Å². The molecule has 0 spiro atoms. The standard InChI is InChI=1S/C26H27FN6O/c1-16(2)18-8-6-17(7-9-18)14-33-22(28-20-12-10-19(27)11-13-20)21-23(30-33)32-15-26(3,4)29-25(32)31(5)24(21)34/h6-13,28H,1,14-15H2,2-5H3. The number of halogens is 1. The number of hydrogen-bond acceptors (Lipinski definition) is 5. The summed E-state index contributed by atoms with van der Waals surface area (Å²) in [6.45, 7) is 11.1. The number of aliphatic imine (C=N–C) groups is 1. The number of nitrogens with zero attached hydrogens (tertiary/aromatic N) is 5. The molecule has 1 amide bonds. The lowest BCUT2D eigenvalue weighted by atomic mass is 10.1. The number of rotatable bonds is 5. The highest BCUT2D eigenvalue weighted by Gasteiger charge is 2.45. The van der Waals surface area contributed by atoms with Gasteiger partial charge in [-0.3, -0.25) is 14.6 Å². The lowest BCUT2D eigenvalue weighted by Gasteiger charge is -2.30. The summed E-state index contributed by atoms with van der Waals surface area (Å²) in [7, 11) is 1.73. The summed E-state index contributed by atoms with van der Waals surface area (Å²) in [5.74, 6) is 1.24. The van der Waals surface area contributed by atoms with Gasteiger partial charge in [0.2, 0.25) is 5.96 Å². The Morgan fingerprint density at radius 3 is 2.47 bits per heavy atom. The first-order chi connectivity index (χ1) is 16.1. The van der Waals surface area contributed by atoms with E-state index in [9.17, 15) is 9.18 Å². The summed E-state index contributed by atoms with van der Waals surface area (Å²) in [5, 5.41) is 8.19. The second-order valence-electron chi connectivity index (χ2n) is 9.49. The molecular weight excluding hydrogens is 431 g/mol. The number of nitrogens with one attached hydrogen (secondary N) is 1. The van der Waals surface area contributed by atoms with Gasteiger partial charge in [0.05, 0.1) is 18.6 Å². The lowest BCUT2D eigenvalue weighted by Crippen LogP contribution is -2.48. The van der Waals surface area contributed by atoms with Crippen LogP contribution >= 0.6 is 0 Å². The normalized spacial score (nSPS) is 16.3. The molecule has 0 saturated carbocycles. The van der Waals surface area contributed by atoms with Crippen LogP contribution in [0.25, 0.3) is 5.57 Å². The number of anilines is 3. The second-order valence-corrected chi connectivity index (χ2v) is 9.49. The number of benzene rings is 2. The van der Waals surface area contributed by atoms with Gasteiger partial charge in [0, 0.05) is 12.7 Å². The van der Waals surface area contributed by atoms with Crippen molar-refractivity contribution < 1.29 is 9.18 Å². The van der Waals surface area contributed by atoms with Crippen LogP contribution in [0.2, 0.25) is 0 Å². The van der Waals surface area contributed by atoms with Gasteiger partial charge in [0.25, 0.3) is 5.91 Å². The summed E-state index contributed by atoms with van der Waals surface area (Å²) < 4.78 is 15.3. The van der Waals surface area contributed by atoms with Crippen molar-refractivity contribution in [2.75, 3.05) is 23.8 Å². The molecule has 0 aliphatic carbocycles. The number of carbonyl (C=O) groups excluding carboxylic acids is 1. The average molecular weight is 459 g/mol. The van der Waals surface area contributed by atoms with E-state index in [2.05, 4.69) is 11.9 Å². The number of carbonyl (C=O) groups is 1. The number of fused-ring (bicyclic) bond motifs is 3. The van der Waals surface area contributed by atoms with Crippen LogP contribution in [0.1, 0.15) is 42.3 Å². The molecule has 5 rings (SSSR count). The molecule has 3 heterocycles. The minimum atomic E-state index is -0.335. The summed E-state index contributed by atoms with van der Waals surface area (Å²) in [4.78, 5) is 21.8. The maximum atomic E-state index is 13.5. The summed E-state index contributed by atoms with van der Waals surface area (Å²) in [6.07, 6.45) is 0. The molecule has 2 aliphatic heterocycles. The van der Waals surface area contributed by atoms with E-state index in [1.165, 1.54) is 12.1 Å². The molecule has 0 bridgehead atoms. The van der Waals surface area contributed by atoms with Gasteiger partial charge in [0.15, 0.2) is 5.82 Å². The van der Waals surface area contributed by atoms with Crippen LogP contribution in [0.3, 0.4) is 0 Å². The first-order valence-corrected chi connectivity index (χ1v) is 11.2. The van der Waals surface area contributed by atoms with Crippen LogP contribution < -0.4 is 10.2 Å². The van der Waals surface area contributed by atoms with Gasteiger partial charge in [-0.1, -0.05) is 36.4 Å². The molecule has 0 fully saturated rings. The van der Waals surface area contributed by atoms with Crippen molar-refractivity contribution in [3.05, 3.63) is 77.6 Å². The minimum Gasteiger partial charge on any atom is -0.340 e. The molecule has 2 aromatic carbocycles. The van der Waals surface area contributed by atoms with Crippen molar-refractivity contribution in [1.82, 2.24) is 14.7 Å². The number of amides is 1. The first kappa shape index (κ1) is 21.9. The highest BCUT2D eigenvalue weighted by Crippen LogP contribution is 2.38. The van der Waals surface area contributed by atoms with Crippen molar-refractivity contribution in [1.29, 1.82) is 0 Å². The van der Waals surface area contributed by atoms with Gasteiger partial charge < -0.3 is 5.32 Å². The van der Waals surface area contributed by atoms with Gasteiger partial charge >= 0.3 is 0 Å². The number of hydrogen-bond donors (Lipinski definition) is 1. The van der Waals surface area contributed by atoms with Gasteiger partial charge in [0.1, 0.15) is 17.2 Å². The second kappa shape index (κ2) is 7.83. The number of allylic oxidation sites excluding steroid dienone is 1. The fraction of sp³-hybridized carbons (Fsp3) is 0.269. The number of aromatic nitrogens is 2. The Bertz CT molecular complexity index is 1320. The Morgan fingerprint density at radius 2 is 1.82 bits per heavy atom. The Balaban J connectivity index is 1.61. The van der Waals surface area contributed by atoms with E-state index in [4.69, 9.17) is 10.1 Å². The fourth-order valence-electron chi connectivity index (χ4n) is 4.32. The highest BCUT2D eigenvalue weighted by atomic mass is 19.1. The largest absolute Gasteiger partial charge is 0.340 e. The summed E-state index contributed by atoms with van der Waals surface area (Å²) >= 11 is 0. The van der Waals surface area contributed by atoms with E-state index < -0.39 is 0 Å². The number of guanidine groups is 1. The van der Waals surface area contributed by atoms with Gasteiger partial charge in [-0.2, -0.15) is 5.10 Å². The maximum Gasteiger partial charge on any atom is 0.267 e. The predicted octanol–water partition coefficient (Wildman–Crippen LogP) is 4.89. The molecule has 34 heavy (non-hydrogen) atoms. The lowest BCUT2D eigenvalue weighted by molar-refractivity contribution is 0.0866. The Labute approximate surface area is 198 Å². The van der Waals surface area contributed by atoms with Crippen molar-refractivity contribution in [2.45, 2.75) is 32.9 Å². The third-order valence-electron chi connectivity index (χ3n) is 6.08. The summed E-state index contributed by atoms with van der Waals surface area (Å²) in [6, 6.07) is 14.2. The molecule has 8 heteroatoms. The zero-order valence-electron chi connectivity index (χ0n) is 19.8. The SMILES string of the molecule is C=C(C)c1ccc(Cn2nc3c(c2Nc2ccc(F)cc2)C(=O)N(C)C2=NC(C)(C)CN23)cc1. The predicted molar refractivity (Wildman–Crippen MR) is 133 cm³/mol. The van der Waals surface area contributed by atoms with E-state index in [-0.39, 0.29) is 17.3 Å². The molecule has 7 nitrogen and oxygen atoms in total. The van der Waals surface area contributed by atoms with Crippen LogP contribution in [-0.2, 0) is 6.54 Å². The molecule has 0 saturated heterocycles. The molecule has 1 aromatic heterocycles. The third-order valence-corrected chi connectivity index (χ3v) is 6.08. The monoisotopic (exact) mass is 458 g/mol. The Kier molecular flexibility index (Phi) is 5.04. The average Bonchev–Trinajstić information content (AvgIpc) is 3.31. The first-order valence-electron chi connectivity index (χ1n) is 11.2. The minimum absolute atomic E-state index is 0.184. The molecule has 174 valence electrons. The van der Waals surface area contributed by atoms with E-state index >= 15 is 0 Å². The van der Waals surface area contributed by atoms with Crippen LogP contribution in [0, 0.1) is 5.82 Å². The van der Waals surface area contributed by atoms with Gasteiger partial charge in [-0.05, 0) is 56.2 Å². The van der Waals surface area contributed by atoms with Crippen molar-refractivity contribution in [3.63, 3.8) is 0 Å². The fourth-order valence-corrected chi connectivity index (χ4v) is 4.32. The molecule has 2 aliphatic rings. The molecule has 1 N–H and O–H groups in total. The molecular formula is C26H27FN6O. The maximum absolute atomic E-state index is 13.5. The highest BCUT2D eigenvalue weighted by molar-refractivity contribution is 6.20. The third kappa shape index (κ3) is 3.75.